The summed E-state index contributed by atoms with van der Waals surface area (Å²) in [4.78, 5) is 0.720. The van der Waals surface area contributed by atoms with Gasteiger partial charge in [0.2, 0.25) is 0 Å². The number of hydrogen-bond donors (Lipinski definition) is 0. The van der Waals surface area contributed by atoms with Crippen LogP contribution < -0.4 is 0 Å². The monoisotopic (exact) mass is 212 g/mol. The second-order valence-corrected chi connectivity index (χ2v) is 3.30. The highest BCUT2D eigenvalue weighted by atomic mass is 35.7. The fourth-order valence-corrected chi connectivity index (χ4v) is 1.58. The van der Waals surface area contributed by atoms with Gasteiger partial charge in [0.15, 0.2) is 0 Å². The fourth-order valence-electron chi connectivity index (χ4n) is 0.820. The molecule has 0 amide bonds. The van der Waals surface area contributed by atoms with Gasteiger partial charge in [0, 0.05) is 0 Å². The van der Waals surface area contributed by atoms with Gasteiger partial charge in [-0.3, -0.25) is 4.68 Å². The van der Waals surface area contributed by atoms with Crippen molar-refractivity contribution < 1.29 is 8.78 Å². The summed E-state index contributed by atoms with van der Waals surface area (Å²) in [7, 11) is 6.45. The molecule has 2 nitrogen and oxygen atoms in total. The molecule has 12 heavy (non-hydrogen) atoms. The zero-order chi connectivity index (χ0) is 9.14. The van der Waals surface area contributed by atoms with Gasteiger partial charge in [-0.1, -0.05) is 0 Å². The molecule has 1 aromatic heterocycles. The summed E-state index contributed by atoms with van der Waals surface area (Å²) in [6, 6.07) is 0. The maximum Gasteiger partial charge on any atom is 0.257 e. The average molecular weight is 213 g/mol. The van der Waals surface area contributed by atoms with Gasteiger partial charge >= 0.3 is 0 Å². The first kappa shape index (κ1) is 9.80. The molecule has 0 aliphatic heterocycles. The van der Waals surface area contributed by atoms with Crippen LogP contribution in [0.1, 0.15) is 5.69 Å². The minimum Gasteiger partial charge on any atom is -0.263 e. The lowest BCUT2D eigenvalue weighted by Gasteiger charge is -2.02. The summed E-state index contributed by atoms with van der Waals surface area (Å²) in [6.45, 7) is 1.34. The lowest BCUT2D eigenvalue weighted by atomic mass is 10.5. The smallest absolute Gasteiger partial charge is 0.257 e. The molecule has 1 aromatic rings. The summed E-state index contributed by atoms with van der Waals surface area (Å²) >= 11 is 0. The van der Waals surface area contributed by atoms with Crippen molar-refractivity contribution in [3.05, 3.63) is 11.9 Å². The molecule has 0 bridgehead atoms. The van der Waals surface area contributed by atoms with E-state index in [0.29, 0.717) is 5.69 Å². The lowest BCUT2D eigenvalue weighted by Crippen LogP contribution is -2.09. The van der Waals surface area contributed by atoms with E-state index in [2.05, 4.69) is 5.10 Å². The van der Waals surface area contributed by atoms with Crippen LogP contribution in [0, 0.1) is 6.92 Å². The first-order chi connectivity index (χ1) is 5.65. The van der Waals surface area contributed by atoms with Gasteiger partial charge in [-0.2, -0.15) is 5.10 Å². The van der Waals surface area contributed by atoms with Crippen molar-refractivity contribution in [3.8, 4) is 0 Å². The Labute approximate surface area is 77.4 Å². The molecule has 0 aliphatic rings. The van der Waals surface area contributed by atoms with E-state index in [4.69, 9.17) is 10.7 Å². The fraction of sp³-hybridized carbons (Fsp3) is 0.500. The summed E-state index contributed by atoms with van der Waals surface area (Å²) in [6.07, 6.45) is -0.896. The van der Waals surface area contributed by atoms with Crippen molar-refractivity contribution in [2.75, 3.05) is 0 Å². The SMILES string of the molecule is Cc1c(SCl)cnn1CC(F)F. The van der Waals surface area contributed by atoms with Gasteiger partial charge < -0.3 is 0 Å². The van der Waals surface area contributed by atoms with Crippen molar-refractivity contribution in [2.24, 2.45) is 0 Å². The van der Waals surface area contributed by atoms with E-state index >= 15 is 0 Å². The third kappa shape index (κ3) is 2.10. The number of rotatable bonds is 3. The maximum absolute atomic E-state index is 11.9. The van der Waals surface area contributed by atoms with Crippen molar-refractivity contribution in [1.29, 1.82) is 0 Å². The molecule has 1 heterocycles. The molecule has 1 rings (SSSR count). The van der Waals surface area contributed by atoms with Crippen LogP contribution in [0.3, 0.4) is 0 Å². The third-order valence-electron chi connectivity index (χ3n) is 1.45. The molecular weight excluding hydrogens is 206 g/mol. The van der Waals surface area contributed by atoms with Crippen LogP contribution in [0.5, 0.6) is 0 Å². The Morgan fingerprint density at radius 2 is 2.42 bits per heavy atom. The first-order valence-corrected chi connectivity index (χ1v) is 4.88. The van der Waals surface area contributed by atoms with Crippen LogP contribution in [0.2, 0.25) is 0 Å². The van der Waals surface area contributed by atoms with Crippen molar-refractivity contribution in [2.45, 2.75) is 24.8 Å². The molecule has 0 spiro atoms. The van der Waals surface area contributed by atoms with Gasteiger partial charge in [-0.25, -0.2) is 8.78 Å². The molecule has 0 aliphatic carbocycles. The Balaban J connectivity index is 2.80. The summed E-state index contributed by atoms with van der Waals surface area (Å²) in [5, 5.41) is 3.76. The molecular formula is C6H7ClF2N2S. The molecule has 0 aromatic carbocycles. The van der Waals surface area contributed by atoms with E-state index in [1.54, 1.807) is 6.92 Å². The summed E-state index contributed by atoms with van der Waals surface area (Å²) < 4.78 is 25.1. The number of halogens is 3. The Kier molecular flexibility index (Phi) is 3.34. The van der Waals surface area contributed by atoms with Crippen molar-refractivity contribution in [1.82, 2.24) is 9.78 Å². The Bertz CT molecular complexity index is 264. The van der Waals surface area contributed by atoms with E-state index in [9.17, 15) is 8.78 Å². The number of alkyl halides is 2. The average Bonchev–Trinajstić information content (AvgIpc) is 2.32. The number of hydrogen-bond acceptors (Lipinski definition) is 2. The van der Waals surface area contributed by atoms with Gasteiger partial charge in [0.1, 0.15) is 6.54 Å². The Morgan fingerprint density at radius 3 is 2.83 bits per heavy atom. The van der Waals surface area contributed by atoms with Gasteiger partial charge in [0.25, 0.3) is 6.43 Å². The van der Waals surface area contributed by atoms with E-state index in [-0.39, 0.29) is 6.54 Å². The van der Waals surface area contributed by atoms with E-state index in [1.165, 1.54) is 10.9 Å². The molecule has 0 radical (unpaired) electrons. The minimum absolute atomic E-state index is 0.372. The molecule has 0 unspecified atom stereocenters. The zero-order valence-corrected chi connectivity index (χ0v) is 7.87. The first-order valence-electron chi connectivity index (χ1n) is 3.24. The second-order valence-electron chi connectivity index (χ2n) is 2.24. The van der Waals surface area contributed by atoms with Crippen LogP contribution >= 0.6 is 21.7 Å². The van der Waals surface area contributed by atoms with Crippen molar-refractivity contribution in [3.63, 3.8) is 0 Å². The highest BCUT2D eigenvalue weighted by Gasteiger charge is 2.10. The maximum atomic E-state index is 11.9. The molecule has 68 valence electrons. The minimum atomic E-state index is -2.38. The van der Waals surface area contributed by atoms with Crippen molar-refractivity contribution >= 4 is 21.7 Å². The molecule has 0 saturated carbocycles. The zero-order valence-electron chi connectivity index (χ0n) is 6.30. The molecule has 0 atom stereocenters. The Morgan fingerprint density at radius 1 is 1.75 bits per heavy atom. The van der Waals surface area contributed by atoms with E-state index < -0.39 is 6.43 Å². The molecule has 0 saturated heterocycles. The topological polar surface area (TPSA) is 17.8 Å². The van der Waals surface area contributed by atoms with Crippen LogP contribution in [0.15, 0.2) is 11.1 Å². The molecule has 0 fully saturated rings. The number of aromatic nitrogens is 2. The molecule has 0 N–H and O–H groups in total. The third-order valence-corrected chi connectivity index (χ3v) is 2.52. The van der Waals surface area contributed by atoms with Gasteiger partial charge in [0.05, 0.1) is 16.8 Å². The van der Waals surface area contributed by atoms with Crippen LogP contribution in [0.4, 0.5) is 8.78 Å². The Hall–Kier alpha value is -0.290. The summed E-state index contributed by atoms with van der Waals surface area (Å²) in [5.41, 5.74) is 0.676. The predicted octanol–water partition coefficient (Wildman–Crippen LogP) is 2.70. The van der Waals surface area contributed by atoms with Crippen LogP contribution in [0.25, 0.3) is 0 Å². The van der Waals surface area contributed by atoms with Crippen LogP contribution in [-0.2, 0) is 6.54 Å². The highest BCUT2D eigenvalue weighted by Crippen LogP contribution is 2.25. The van der Waals surface area contributed by atoms with E-state index in [0.717, 1.165) is 15.9 Å². The lowest BCUT2D eigenvalue weighted by molar-refractivity contribution is 0.121. The standard InChI is InChI=1S/C6H7ClF2N2S/c1-4-5(12-7)2-10-11(4)3-6(8)9/h2,6H,3H2,1H3. The predicted molar refractivity (Wildman–Crippen MR) is 44.7 cm³/mol. The second kappa shape index (κ2) is 4.09. The van der Waals surface area contributed by atoms with E-state index in [1.807, 2.05) is 0 Å². The van der Waals surface area contributed by atoms with Crippen LogP contribution in [-0.4, -0.2) is 16.2 Å². The largest absolute Gasteiger partial charge is 0.263 e. The van der Waals surface area contributed by atoms with Gasteiger partial charge in [-0.15, -0.1) is 0 Å². The summed E-state index contributed by atoms with van der Waals surface area (Å²) in [5.74, 6) is 0. The normalized spacial score (nSPS) is 11.1. The van der Waals surface area contributed by atoms with Gasteiger partial charge in [-0.05, 0) is 28.6 Å². The quantitative estimate of drug-likeness (QED) is 0.767. The molecule has 6 heteroatoms. The highest BCUT2D eigenvalue weighted by molar-refractivity contribution is 8.21. The number of nitrogens with zero attached hydrogens (tertiary/aromatic N) is 2.